The Balaban J connectivity index is 5.45. The quantitative estimate of drug-likeness (QED) is 0.194. The summed E-state index contributed by atoms with van der Waals surface area (Å²) < 4.78 is 0. The fourth-order valence-corrected chi connectivity index (χ4v) is 2.98. The van der Waals surface area contributed by atoms with Crippen LogP contribution in [-0.2, 0) is 19.2 Å². The monoisotopic (exact) mass is 443 g/mol. The van der Waals surface area contributed by atoms with Crippen LogP contribution in [0.3, 0.4) is 0 Å². The van der Waals surface area contributed by atoms with E-state index in [1.54, 1.807) is 6.92 Å². The molecule has 0 spiro atoms. The fourth-order valence-electron chi connectivity index (χ4n) is 2.98. The smallest absolute Gasteiger partial charge is 0.326 e. The first-order valence-electron chi connectivity index (χ1n) is 11.0. The summed E-state index contributed by atoms with van der Waals surface area (Å²) in [6.07, 6.45) is 2.54. The van der Waals surface area contributed by atoms with Gasteiger partial charge in [0.05, 0.1) is 6.04 Å². The molecule has 3 amide bonds. The topological polar surface area (TPSA) is 177 Å². The van der Waals surface area contributed by atoms with Gasteiger partial charge >= 0.3 is 5.97 Å². The molecule has 5 atom stereocenters. The number of carbonyl (C=O) groups is 4. The van der Waals surface area contributed by atoms with Crippen LogP contribution in [0.4, 0.5) is 0 Å². The predicted molar refractivity (Wildman–Crippen MR) is 119 cm³/mol. The molecule has 0 bridgehead atoms. The van der Waals surface area contributed by atoms with E-state index >= 15 is 0 Å². The Morgan fingerprint density at radius 3 is 1.87 bits per heavy atom. The summed E-state index contributed by atoms with van der Waals surface area (Å²) in [5.41, 5.74) is 11.1. The normalized spacial score (nSPS) is 16.0. The van der Waals surface area contributed by atoms with Crippen molar-refractivity contribution in [3.8, 4) is 0 Å². The molecule has 0 heterocycles. The van der Waals surface area contributed by atoms with E-state index in [0.29, 0.717) is 38.6 Å². The van der Waals surface area contributed by atoms with E-state index < -0.39 is 47.9 Å². The van der Waals surface area contributed by atoms with Crippen molar-refractivity contribution in [3.63, 3.8) is 0 Å². The lowest BCUT2D eigenvalue weighted by molar-refractivity contribution is -0.144. The molecule has 0 radical (unpaired) electrons. The Morgan fingerprint density at radius 1 is 0.871 bits per heavy atom. The molecular weight excluding hydrogens is 402 g/mol. The Morgan fingerprint density at radius 2 is 1.42 bits per heavy atom. The van der Waals surface area contributed by atoms with Crippen molar-refractivity contribution in [2.45, 2.75) is 90.9 Å². The van der Waals surface area contributed by atoms with E-state index in [2.05, 4.69) is 16.0 Å². The van der Waals surface area contributed by atoms with E-state index in [1.165, 1.54) is 6.92 Å². The van der Waals surface area contributed by atoms with Gasteiger partial charge in [0, 0.05) is 0 Å². The average molecular weight is 444 g/mol. The highest BCUT2D eigenvalue weighted by Gasteiger charge is 2.31. The molecule has 0 aliphatic rings. The summed E-state index contributed by atoms with van der Waals surface area (Å²) in [7, 11) is 0. The minimum absolute atomic E-state index is 0.0669. The largest absolute Gasteiger partial charge is 0.480 e. The van der Waals surface area contributed by atoms with Crippen LogP contribution in [0.5, 0.6) is 0 Å². The van der Waals surface area contributed by atoms with Crippen LogP contribution in [-0.4, -0.2) is 59.5 Å². The molecule has 8 N–H and O–H groups in total. The van der Waals surface area contributed by atoms with Gasteiger partial charge in [-0.05, 0) is 51.0 Å². The van der Waals surface area contributed by atoms with Crippen molar-refractivity contribution in [3.05, 3.63) is 0 Å². The SMILES string of the molecule is CCC(C)C(NC(=O)C(CC(C)C)NC(=O)C(CCCCN)NC(=O)C(C)N)C(=O)O. The van der Waals surface area contributed by atoms with E-state index in [9.17, 15) is 24.3 Å². The summed E-state index contributed by atoms with van der Waals surface area (Å²) >= 11 is 0. The van der Waals surface area contributed by atoms with Crippen molar-refractivity contribution in [1.82, 2.24) is 16.0 Å². The van der Waals surface area contributed by atoms with Crippen LogP contribution in [0, 0.1) is 11.8 Å². The molecule has 0 saturated carbocycles. The van der Waals surface area contributed by atoms with Gasteiger partial charge < -0.3 is 32.5 Å². The molecule has 180 valence electrons. The van der Waals surface area contributed by atoms with E-state index in [-0.39, 0.29) is 11.8 Å². The standard InChI is InChI=1S/C21H41N5O5/c1-6-13(4)17(21(30)31)26-20(29)16(11-12(2)3)25-19(28)15(9-7-8-10-22)24-18(27)14(5)23/h12-17H,6-11,22-23H2,1-5H3,(H,24,27)(H,25,28)(H,26,29)(H,30,31). The van der Waals surface area contributed by atoms with Gasteiger partial charge in [-0.1, -0.05) is 34.1 Å². The third-order valence-electron chi connectivity index (χ3n) is 5.11. The number of rotatable bonds is 15. The molecule has 10 nitrogen and oxygen atoms in total. The Kier molecular flexibility index (Phi) is 13.7. The van der Waals surface area contributed by atoms with Crippen molar-refractivity contribution in [2.75, 3.05) is 6.54 Å². The molecule has 31 heavy (non-hydrogen) atoms. The zero-order valence-electron chi connectivity index (χ0n) is 19.4. The van der Waals surface area contributed by atoms with Crippen molar-refractivity contribution in [1.29, 1.82) is 0 Å². The van der Waals surface area contributed by atoms with Crippen molar-refractivity contribution >= 4 is 23.7 Å². The number of nitrogens with two attached hydrogens (primary N) is 2. The van der Waals surface area contributed by atoms with Crippen molar-refractivity contribution in [2.24, 2.45) is 23.3 Å². The highest BCUT2D eigenvalue weighted by atomic mass is 16.4. The van der Waals surface area contributed by atoms with E-state index in [4.69, 9.17) is 11.5 Å². The molecule has 0 rings (SSSR count). The second-order valence-corrected chi connectivity index (χ2v) is 8.54. The number of nitrogens with one attached hydrogen (secondary N) is 3. The van der Waals surface area contributed by atoms with E-state index in [0.717, 1.165) is 0 Å². The third kappa shape index (κ3) is 11.1. The van der Waals surface area contributed by atoms with Crippen LogP contribution in [0.1, 0.15) is 66.7 Å². The molecule has 0 aromatic rings. The van der Waals surface area contributed by atoms with Gasteiger partial charge in [0.15, 0.2) is 0 Å². The fraction of sp³-hybridized carbons (Fsp3) is 0.810. The summed E-state index contributed by atoms with van der Waals surface area (Å²) in [4.78, 5) is 49.4. The van der Waals surface area contributed by atoms with Gasteiger partial charge in [0.1, 0.15) is 18.1 Å². The van der Waals surface area contributed by atoms with Crippen LogP contribution >= 0.6 is 0 Å². The number of carbonyl (C=O) groups excluding carboxylic acids is 3. The molecule has 0 aliphatic carbocycles. The molecule has 0 aliphatic heterocycles. The Bertz CT molecular complexity index is 597. The zero-order chi connectivity index (χ0) is 24.1. The minimum Gasteiger partial charge on any atom is -0.480 e. The molecule has 0 aromatic heterocycles. The summed E-state index contributed by atoms with van der Waals surface area (Å²) in [5, 5.41) is 17.3. The average Bonchev–Trinajstić information content (AvgIpc) is 2.69. The van der Waals surface area contributed by atoms with Gasteiger partial charge in [0.2, 0.25) is 17.7 Å². The minimum atomic E-state index is -1.12. The van der Waals surface area contributed by atoms with Gasteiger partial charge in [-0.2, -0.15) is 0 Å². The zero-order valence-corrected chi connectivity index (χ0v) is 19.4. The first-order valence-corrected chi connectivity index (χ1v) is 11.0. The Labute approximate surface area is 185 Å². The Hall–Kier alpha value is -2.20. The van der Waals surface area contributed by atoms with Gasteiger partial charge in [-0.15, -0.1) is 0 Å². The van der Waals surface area contributed by atoms with Crippen molar-refractivity contribution < 1.29 is 24.3 Å². The maximum Gasteiger partial charge on any atom is 0.326 e. The third-order valence-corrected chi connectivity index (χ3v) is 5.11. The molecule has 0 saturated heterocycles. The number of hydrogen-bond donors (Lipinski definition) is 6. The first kappa shape index (κ1) is 28.8. The van der Waals surface area contributed by atoms with Gasteiger partial charge in [-0.25, -0.2) is 4.79 Å². The molecule has 5 unspecified atom stereocenters. The highest BCUT2D eigenvalue weighted by molar-refractivity contribution is 5.94. The summed E-state index contributed by atoms with van der Waals surface area (Å²) in [5.74, 6) is -2.87. The predicted octanol–water partition coefficient (Wildman–Crippen LogP) is 0.0938. The van der Waals surface area contributed by atoms with Crippen LogP contribution in [0.2, 0.25) is 0 Å². The van der Waals surface area contributed by atoms with Gasteiger partial charge in [-0.3, -0.25) is 14.4 Å². The lowest BCUT2D eigenvalue weighted by atomic mass is 9.97. The van der Waals surface area contributed by atoms with Crippen LogP contribution in [0.25, 0.3) is 0 Å². The molecule has 10 heteroatoms. The van der Waals surface area contributed by atoms with Crippen LogP contribution < -0.4 is 27.4 Å². The summed E-state index contributed by atoms with van der Waals surface area (Å²) in [6.45, 7) is 9.35. The lowest BCUT2D eigenvalue weighted by Crippen LogP contribution is -2.57. The second-order valence-electron chi connectivity index (χ2n) is 8.54. The van der Waals surface area contributed by atoms with E-state index in [1.807, 2.05) is 20.8 Å². The number of unbranched alkanes of at least 4 members (excludes halogenated alkanes) is 1. The number of carboxylic acid groups (broad SMARTS) is 1. The molecule has 0 fully saturated rings. The summed E-state index contributed by atoms with van der Waals surface area (Å²) in [6, 6.07) is -3.63. The highest BCUT2D eigenvalue weighted by Crippen LogP contribution is 2.11. The molecule has 0 aromatic carbocycles. The first-order chi connectivity index (χ1) is 14.4. The number of hydrogen-bond acceptors (Lipinski definition) is 6. The second kappa shape index (κ2) is 14.7. The van der Waals surface area contributed by atoms with Crippen LogP contribution in [0.15, 0.2) is 0 Å². The molecular formula is C21H41N5O5. The maximum absolute atomic E-state index is 12.9. The lowest BCUT2D eigenvalue weighted by Gasteiger charge is -2.27. The number of carboxylic acids is 1. The number of aliphatic carboxylic acids is 1. The van der Waals surface area contributed by atoms with Gasteiger partial charge in [0.25, 0.3) is 0 Å². The number of amides is 3. The maximum atomic E-state index is 12.9.